The summed E-state index contributed by atoms with van der Waals surface area (Å²) in [6, 6.07) is 4.70. The monoisotopic (exact) mass is 194 g/mol. The van der Waals surface area contributed by atoms with Crippen LogP contribution < -0.4 is 10.2 Å². The Morgan fingerprint density at radius 1 is 1.36 bits per heavy atom. The van der Waals surface area contributed by atoms with Crippen LogP contribution in [-0.4, -0.2) is 12.2 Å². The standard InChI is InChI=1S/C11H14O3/c1-7(2)8-4-5-9(12)11(14-3)10(13)6-8/h4-7,12H,1-3H3. The molecule has 0 amide bonds. The first-order valence-electron chi connectivity index (χ1n) is 4.47. The number of ether oxygens (including phenoxy) is 1. The van der Waals surface area contributed by atoms with Gasteiger partial charge in [-0.1, -0.05) is 19.9 Å². The summed E-state index contributed by atoms with van der Waals surface area (Å²) in [5.74, 6) is 0.125. The fourth-order valence-electron chi connectivity index (χ4n) is 1.21. The number of rotatable bonds is 2. The molecule has 1 aromatic carbocycles. The van der Waals surface area contributed by atoms with Crippen LogP contribution in [0.15, 0.2) is 23.0 Å². The normalized spacial score (nSPS) is 10.3. The lowest BCUT2D eigenvalue weighted by Crippen LogP contribution is -2.02. The molecule has 76 valence electrons. The van der Waals surface area contributed by atoms with Gasteiger partial charge in [-0.05, 0) is 23.6 Å². The summed E-state index contributed by atoms with van der Waals surface area (Å²) in [6.45, 7) is 3.97. The van der Waals surface area contributed by atoms with Crippen molar-refractivity contribution in [2.24, 2.45) is 0 Å². The minimum Gasteiger partial charge on any atom is -0.504 e. The van der Waals surface area contributed by atoms with Crippen LogP contribution in [-0.2, 0) is 0 Å². The van der Waals surface area contributed by atoms with E-state index in [0.29, 0.717) is 0 Å². The second-order valence-electron chi connectivity index (χ2n) is 3.42. The van der Waals surface area contributed by atoms with Crippen molar-refractivity contribution < 1.29 is 9.84 Å². The molecule has 0 atom stereocenters. The van der Waals surface area contributed by atoms with Gasteiger partial charge in [0.1, 0.15) is 0 Å². The molecule has 1 aromatic rings. The number of methoxy groups -OCH3 is 1. The fourth-order valence-corrected chi connectivity index (χ4v) is 1.21. The molecule has 0 aliphatic carbocycles. The van der Waals surface area contributed by atoms with E-state index in [4.69, 9.17) is 4.74 Å². The average Bonchev–Trinajstić information content (AvgIpc) is 2.25. The van der Waals surface area contributed by atoms with Crippen molar-refractivity contribution in [2.75, 3.05) is 7.11 Å². The predicted octanol–water partition coefficient (Wildman–Crippen LogP) is 1.88. The van der Waals surface area contributed by atoms with E-state index in [0.717, 1.165) is 5.56 Å². The maximum atomic E-state index is 11.5. The molecular formula is C11H14O3. The molecule has 3 nitrogen and oxygen atoms in total. The van der Waals surface area contributed by atoms with Crippen LogP contribution in [0.4, 0.5) is 0 Å². The van der Waals surface area contributed by atoms with Crippen molar-refractivity contribution in [1.82, 2.24) is 0 Å². The molecule has 1 rings (SSSR count). The van der Waals surface area contributed by atoms with Gasteiger partial charge < -0.3 is 9.84 Å². The van der Waals surface area contributed by atoms with Gasteiger partial charge in [-0.15, -0.1) is 0 Å². The molecule has 0 bridgehead atoms. The Labute approximate surface area is 83.0 Å². The van der Waals surface area contributed by atoms with Crippen molar-refractivity contribution in [1.29, 1.82) is 0 Å². The summed E-state index contributed by atoms with van der Waals surface area (Å²) in [5.41, 5.74) is 0.590. The Balaban J connectivity index is 3.43. The van der Waals surface area contributed by atoms with E-state index in [-0.39, 0.29) is 22.8 Å². The maximum absolute atomic E-state index is 11.5. The third-order valence-electron chi connectivity index (χ3n) is 2.06. The van der Waals surface area contributed by atoms with Crippen molar-refractivity contribution in [2.45, 2.75) is 19.8 Å². The van der Waals surface area contributed by atoms with E-state index in [1.807, 2.05) is 13.8 Å². The second-order valence-corrected chi connectivity index (χ2v) is 3.42. The van der Waals surface area contributed by atoms with Gasteiger partial charge in [0.25, 0.3) is 0 Å². The lowest BCUT2D eigenvalue weighted by atomic mass is 10.1. The van der Waals surface area contributed by atoms with Crippen LogP contribution in [0.25, 0.3) is 0 Å². The highest BCUT2D eigenvalue weighted by molar-refractivity contribution is 5.39. The molecule has 0 unspecified atom stereocenters. The molecule has 3 heteroatoms. The van der Waals surface area contributed by atoms with Crippen LogP contribution >= 0.6 is 0 Å². The van der Waals surface area contributed by atoms with Crippen molar-refractivity contribution in [3.63, 3.8) is 0 Å². The van der Waals surface area contributed by atoms with Crippen LogP contribution in [0.2, 0.25) is 0 Å². The third-order valence-corrected chi connectivity index (χ3v) is 2.06. The second kappa shape index (κ2) is 4.13. The van der Waals surface area contributed by atoms with Gasteiger partial charge in [-0.25, -0.2) is 0 Å². The minimum absolute atomic E-state index is 0.00287. The molecule has 0 aromatic heterocycles. The van der Waals surface area contributed by atoms with Crippen LogP contribution in [0.5, 0.6) is 11.5 Å². The molecule has 0 heterocycles. The van der Waals surface area contributed by atoms with Crippen LogP contribution in [0.1, 0.15) is 25.3 Å². The van der Waals surface area contributed by atoms with E-state index >= 15 is 0 Å². The van der Waals surface area contributed by atoms with Crippen molar-refractivity contribution >= 4 is 0 Å². The van der Waals surface area contributed by atoms with Gasteiger partial charge in [0.2, 0.25) is 11.2 Å². The molecule has 14 heavy (non-hydrogen) atoms. The Hall–Kier alpha value is -1.51. The van der Waals surface area contributed by atoms with E-state index in [9.17, 15) is 9.90 Å². The van der Waals surface area contributed by atoms with Gasteiger partial charge in [-0.2, -0.15) is 0 Å². The zero-order valence-corrected chi connectivity index (χ0v) is 8.57. The lowest BCUT2D eigenvalue weighted by Gasteiger charge is -1.99. The summed E-state index contributed by atoms with van der Waals surface area (Å²) in [4.78, 5) is 11.5. The van der Waals surface area contributed by atoms with Gasteiger partial charge >= 0.3 is 0 Å². The highest BCUT2D eigenvalue weighted by Gasteiger charge is 2.06. The molecule has 0 aliphatic rings. The van der Waals surface area contributed by atoms with Gasteiger partial charge in [-0.3, -0.25) is 4.79 Å². The Kier molecular flexibility index (Phi) is 3.12. The molecule has 1 N–H and O–H groups in total. The quantitative estimate of drug-likeness (QED) is 0.782. The zero-order chi connectivity index (χ0) is 10.7. The summed E-state index contributed by atoms with van der Waals surface area (Å²) in [7, 11) is 1.37. The first-order chi connectivity index (χ1) is 6.56. The Morgan fingerprint density at radius 2 is 2.00 bits per heavy atom. The summed E-state index contributed by atoms with van der Waals surface area (Å²) in [5, 5.41) is 9.43. The predicted molar refractivity (Wildman–Crippen MR) is 55.0 cm³/mol. The van der Waals surface area contributed by atoms with E-state index in [2.05, 4.69) is 0 Å². The maximum Gasteiger partial charge on any atom is 0.224 e. The molecule has 0 saturated carbocycles. The third kappa shape index (κ3) is 2.05. The topological polar surface area (TPSA) is 46.5 Å². The molecule has 0 aliphatic heterocycles. The lowest BCUT2D eigenvalue weighted by molar-refractivity contribution is 0.371. The average molecular weight is 194 g/mol. The molecule has 0 radical (unpaired) electrons. The number of hydrogen-bond acceptors (Lipinski definition) is 3. The zero-order valence-electron chi connectivity index (χ0n) is 8.57. The highest BCUT2D eigenvalue weighted by Crippen LogP contribution is 2.21. The minimum atomic E-state index is -0.293. The highest BCUT2D eigenvalue weighted by atomic mass is 16.5. The largest absolute Gasteiger partial charge is 0.504 e. The first kappa shape index (κ1) is 10.6. The van der Waals surface area contributed by atoms with E-state index in [1.54, 1.807) is 6.07 Å². The summed E-state index contributed by atoms with van der Waals surface area (Å²) >= 11 is 0. The van der Waals surface area contributed by atoms with E-state index in [1.165, 1.54) is 19.2 Å². The Morgan fingerprint density at radius 3 is 2.50 bits per heavy atom. The SMILES string of the molecule is COc1c(O)ccc(C(C)C)cc1=O. The van der Waals surface area contributed by atoms with Gasteiger partial charge in [0.15, 0.2) is 5.75 Å². The van der Waals surface area contributed by atoms with E-state index < -0.39 is 0 Å². The number of hydrogen-bond donors (Lipinski definition) is 1. The van der Waals surface area contributed by atoms with Crippen molar-refractivity contribution in [3.05, 3.63) is 34.0 Å². The molecule has 0 fully saturated rings. The summed E-state index contributed by atoms with van der Waals surface area (Å²) < 4.78 is 4.81. The summed E-state index contributed by atoms with van der Waals surface area (Å²) in [6.07, 6.45) is 0. The first-order valence-corrected chi connectivity index (χ1v) is 4.47. The Bertz CT molecular complexity index is 383. The van der Waals surface area contributed by atoms with Crippen LogP contribution in [0.3, 0.4) is 0 Å². The molecular weight excluding hydrogens is 180 g/mol. The smallest absolute Gasteiger partial charge is 0.224 e. The molecule has 0 saturated heterocycles. The van der Waals surface area contributed by atoms with Crippen LogP contribution in [0, 0.1) is 0 Å². The molecule has 0 spiro atoms. The number of aromatic hydroxyl groups is 1. The van der Waals surface area contributed by atoms with Gasteiger partial charge in [0, 0.05) is 0 Å². The van der Waals surface area contributed by atoms with Crippen molar-refractivity contribution in [3.8, 4) is 11.5 Å². The van der Waals surface area contributed by atoms with Gasteiger partial charge in [0.05, 0.1) is 7.11 Å². The fraction of sp³-hybridized carbons (Fsp3) is 0.364.